The van der Waals surface area contributed by atoms with Crippen molar-refractivity contribution in [3.63, 3.8) is 0 Å². The minimum absolute atomic E-state index is 0.0114. The average molecular weight is 477 g/mol. The quantitative estimate of drug-likeness (QED) is 0.616. The van der Waals surface area contributed by atoms with Gasteiger partial charge in [-0.15, -0.1) is 0 Å². The molecule has 1 aromatic heterocycles. The minimum atomic E-state index is -3.84. The molecule has 1 aromatic carbocycles. The Morgan fingerprint density at radius 1 is 1.18 bits per heavy atom. The van der Waals surface area contributed by atoms with Gasteiger partial charge in [0.15, 0.2) is 0 Å². The van der Waals surface area contributed by atoms with E-state index in [9.17, 15) is 18.3 Å². The number of fused-ring (bicyclic) bond motifs is 1. The van der Waals surface area contributed by atoms with Gasteiger partial charge in [-0.1, -0.05) is 18.2 Å². The van der Waals surface area contributed by atoms with Crippen LogP contribution >= 0.6 is 0 Å². The third-order valence-electron chi connectivity index (χ3n) is 5.81. The Balaban J connectivity index is 1.42. The fourth-order valence-electron chi connectivity index (χ4n) is 4.19. The van der Waals surface area contributed by atoms with Crippen LogP contribution in [0.25, 0.3) is 0 Å². The summed E-state index contributed by atoms with van der Waals surface area (Å²) >= 11 is 0. The SMILES string of the molecule is O=C(C[C@H]1CC[C@H]2[C@@H](COC[C@@H](O)CN2S(=O)(=O)c2ccccc2)O1)NCc1ccncn1. The normalized spacial score (nSPS) is 26.6. The Morgan fingerprint density at radius 2 is 2.00 bits per heavy atom. The first-order valence-corrected chi connectivity index (χ1v) is 12.4. The molecule has 1 amide bonds. The van der Waals surface area contributed by atoms with E-state index in [1.807, 2.05) is 0 Å². The van der Waals surface area contributed by atoms with Gasteiger partial charge in [0.2, 0.25) is 15.9 Å². The number of aromatic nitrogens is 2. The molecule has 2 aliphatic rings. The van der Waals surface area contributed by atoms with Crippen molar-refractivity contribution in [3.8, 4) is 0 Å². The molecular formula is C22H28N4O6S. The van der Waals surface area contributed by atoms with E-state index >= 15 is 0 Å². The zero-order valence-corrected chi connectivity index (χ0v) is 18.9. The van der Waals surface area contributed by atoms with Gasteiger partial charge in [-0.3, -0.25) is 4.79 Å². The summed E-state index contributed by atoms with van der Waals surface area (Å²) in [5.74, 6) is -0.173. The van der Waals surface area contributed by atoms with Crippen molar-refractivity contribution in [2.24, 2.45) is 0 Å². The van der Waals surface area contributed by atoms with Crippen LogP contribution in [0, 0.1) is 0 Å². The van der Waals surface area contributed by atoms with Crippen LogP contribution in [0.1, 0.15) is 25.0 Å². The number of hydrogen-bond acceptors (Lipinski definition) is 8. The molecule has 4 rings (SSSR count). The first-order valence-electron chi connectivity index (χ1n) is 10.9. The van der Waals surface area contributed by atoms with Crippen molar-refractivity contribution < 1.29 is 27.8 Å². The number of nitrogens with zero attached hydrogens (tertiary/aromatic N) is 3. The maximum Gasteiger partial charge on any atom is 0.243 e. The largest absolute Gasteiger partial charge is 0.389 e. The Morgan fingerprint density at radius 3 is 2.76 bits per heavy atom. The van der Waals surface area contributed by atoms with E-state index in [-0.39, 0.29) is 43.1 Å². The van der Waals surface area contributed by atoms with Gasteiger partial charge in [-0.2, -0.15) is 4.31 Å². The Labute approximate surface area is 193 Å². The van der Waals surface area contributed by atoms with Gasteiger partial charge >= 0.3 is 0 Å². The molecule has 0 radical (unpaired) electrons. The number of hydrogen-bond donors (Lipinski definition) is 2. The van der Waals surface area contributed by atoms with Crippen LogP contribution in [0.3, 0.4) is 0 Å². The number of carbonyl (C=O) groups is 1. The molecule has 2 N–H and O–H groups in total. The van der Waals surface area contributed by atoms with Crippen molar-refractivity contribution in [1.29, 1.82) is 0 Å². The van der Waals surface area contributed by atoms with E-state index in [0.717, 1.165) is 0 Å². The Bertz CT molecular complexity index is 1020. The number of sulfonamides is 1. The van der Waals surface area contributed by atoms with Crippen molar-refractivity contribution in [3.05, 3.63) is 54.6 Å². The van der Waals surface area contributed by atoms with Gasteiger partial charge in [0.25, 0.3) is 0 Å². The lowest BCUT2D eigenvalue weighted by Gasteiger charge is -2.43. The van der Waals surface area contributed by atoms with Crippen molar-refractivity contribution >= 4 is 15.9 Å². The predicted molar refractivity (Wildman–Crippen MR) is 117 cm³/mol. The second-order valence-electron chi connectivity index (χ2n) is 8.20. The summed E-state index contributed by atoms with van der Waals surface area (Å²) in [5.41, 5.74) is 0.705. The number of rotatable bonds is 6. The number of benzene rings is 1. The topological polar surface area (TPSA) is 131 Å². The fraction of sp³-hybridized carbons (Fsp3) is 0.500. The molecule has 0 saturated carbocycles. The maximum absolute atomic E-state index is 13.4. The van der Waals surface area contributed by atoms with Crippen molar-refractivity contribution in [1.82, 2.24) is 19.6 Å². The highest BCUT2D eigenvalue weighted by atomic mass is 32.2. The second-order valence-corrected chi connectivity index (χ2v) is 10.1. The van der Waals surface area contributed by atoms with Crippen molar-refractivity contribution in [2.75, 3.05) is 19.8 Å². The van der Waals surface area contributed by atoms with Crippen LogP contribution in [0.2, 0.25) is 0 Å². The highest BCUT2D eigenvalue weighted by Gasteiger charge is 2.43. The molecular weight excluding hydrogens is 448 g/mol. The monoisotopic (exact) mass is 476 g/mol. The standard InChI is InChI=1S/C22H28N4O6S/c27-17-12-26(33(29,30)19-4-2-1-3-5-19)20-7-6-18(32-21(20)14-31-13-17)10-22(28)24-11-16-8-9-23-15-25-16/h1-5,8-9,15,17-18,20-21,27H,6-7,10-14H2,(H,24,28)/t17-,18+,20-,21+/m0/s1. The summed E-state index contributed by atoms with van der Waals surface area (Å²) in [6.07, 6.45) is 2.37. The number of carbonyl (C=O) groups excluding carboxylic acids is 1. The molecule has 2 fully saturated rings. The smallest absolute Gasteiger partial charge is 0.243 e. The number of nitrogens with one attached hydrogen (secondary N) is 1. The summed E-state index contributed by atoms with van der Waals surface area (Å²) in [7, 11) is -3.84. The van der Waals surface area contributed by atoms with Crippen molar-refractivity contribution in [2.45, 2.75) is 55.1 Å². The van der Waals surface area contributed by atoms with E-state index in [0.29, 0.717) is 25.1 Å². The molecule has 4 atom stereocenters. The molecule has 0 aliphatic carbocycles. The summed E-state index contributed by atoms with van der Waals surface area (Å²) in [4.78, 5) is 20.5. The van der Waals surface area contributed by atoms with Crippen LogP contribution in [0.4, 0.5) is 0 Å². The van der Waals surface area contributed by atoms with Crippen LogP contribution in [-0.2, 0) is 30.8 Å². The maximum atomic E-state index is 13.4. The van der Waals surface area contributed by atoms with Gasteiger partial charge in [-0.25, -0.2) is 18.4 Å². The molecule has 2 saturated heterocycles. The summed E-state index contributed by atoms with van der Waals surface area (Å²) in [5, 5.41) is 13.1. The lowest BCUT2D eigenvalue weighted by molar-refractivity contribution is -0.146. The highest BCUT2D eigenvalue weighted by Crippen LogP contribution is 2.31. The zero-order chi connectivity index (χ0) is 23.3. The number of aliphatic hydroxyl groups is 1. The summed E-state index contributed by atoms with van der Waals surface area (Å²) < 4.78 is 39.8. The lowest BCUT2D eigenvalue weighted by Crippen LogP contribution is -2.57. The molecule has 10 nitrogen and oxygen atoms in total. The van der Waals surface area contributed by atoms with Gasteiger partial charge < -0.3 is 19.9 Å². The third-order valence-corrected chi connectivity index (χ3v) is 7.71. The second kappa shape index (κ2) is 10.7. The van der Waals surface area contributed by atoms with E-state index < -0.39 is 28.3 Å². The van der Waals surface area contributed by atoms with E-state index in [4.69, 9.17) is 9.47 Å². The number of ether oxygens (including phenoxy) is 2. The molecule has 2 aliphatic heterocycles. The minimum Gasteiger partial charge on any atom is -0.389 e. The third kappa shape index (κ3) is 5.92. The molecule has 0 unspecified atom stereocenters. The Kier molecular flexibility index (Phi) is 7.66. The average Bonchev–Trinajstić information content (AvgIpc) is 2.82. The van der Waals surface area contributed by atoms with Gasteiger partial charge in [0, 0.05) is 12.7 Å². The van der Waals surface area contributed by atoms with E-state index in [1.165, 1.54) is 10.6 Å². The molecule has 0 spiro atoms. The van der Waals surface area contributed by atoms with E-state index in [2.05, 4.69) is 15.3 Å². The van der Waals surface area contributed by atoms with Crippen LogP contribution in [0.15, 0.2) is 53.8 Å². The lowest BCUT2D eigenvalue weighted by atomic mass is 9.96. The first-order chi connectivity index (χ1) is 15.9. The molecule has 33 heavy (non-hydrogen) atoms. The van der Waals surface area contributed by atoms with Crippen LogP contribution in [0.5, 0.6) is 0 Å². The molecule has 2 aromatic rings. The van der Waals surface area contributed by atoms with Gasteiger partial charge in [0.1, 0.15) is 6.33 Å². The Hall–Kier alpha value is -2.44. The van der Waals surface area contributed by atoms with Crippen LogP contribution in [-0.4, -0.2) is 77.8 Å². The fourth-order valence-corrected chi connectivity index (χ4v) is 5.93. The highest BCUT2D eigenvalue weighted by molar-refractivity contribution is 7.89. The van der Waals surface area contributed by atoms with E-state index in [1.54, 1.807) is 42.6 Å². The molecule has 3 heterocycles. The zero-order valence-electron chi connectivity index (χ0n) is 18.1. The first kappa shape index (κ1) is 23.7. The molecule has 178 valence electrons. The summed E-state index contributed by atoms with van der Waals surface area (Å²) in [6, 6.07) is 9.40. The number of amides is 1. The summed E-state index contributed by atoms with van der Waals surface area (Å²) in [6.45, 7) is 0.370. The predicted octanol–water partition coefficient (Wildman–Crippen LogP) is 0.481. The van der Waals surface area contributed by atoms with Gasteiger partial charge in [0.05, 0.1) is 61.1 Å². The number of aliphatic hydroxyl groups excluding tert-OH is 1. The van der Waals surface area contributed by atoms with Gasteiger partial charge in [-0.05, 0) is 31.0 Å². The molecule has 11 heteroatoms. The molecule has 0 bridgehead atoms. The number of β-amino-alcohol motifs (C(OH)–C–C–N with tert-alkyl or cyclic N) is 1. The van der Waals surface area contributed by atoms with Crippen LogP contribution < -0.4 is 5.32 Å².